The van der Waals surface area contributed by atoms with E-state index in [1.807, 2.05) is 0 Å². The summed E-state index contributed by atoms with van der Waals surface area (Å²) in [7, 11) is 0. The molecule has 0 bridgehead atoms. The topological polar surface area (TPSA) is 47.0 Å². The van der Waals surface area contributed by atoms with E-state index in [-0.39, 0.29) is 0 Å². The van der Waals surface area contributed by atoms with Gasteiger partial charge in [-0.2, -0.15) is 0 Å². The molecule has 1 N–H and O–H groups in total. The number of aryl methyl sites for hydroxylation is 1. The van der Waals surface area contributed by atoms with E-state index in [2.05, 4.69) is 22.4 Å². The van der Waals surface area contributed by atoms with Crippen LogP contribution in [0.25, 0.3) is 0 Å². The van der Waals surface area contributed by atoms with Crippen LogP contribution in [-0.4, -0.2) is 36.5 Å². The van der Waals surface area contributed by atoms with Crippen molar-refractivity contribution in [3.8, 4) is 0 Å². The Morgan fingerprint density at radius 2 is 2.35 bits per heavy atom. The highest BCUT2D eigenvalue weighted by Gasteiger charge is 2.21. The number of hydrogen-bond acceptors (Lipinski definition) is 5. The van der Waals surface area contributed by atoms with Gasteiger partial charge in [-0.15, -0.1) is 21.5 Å². The molecule has 0 spiro atoms. The van der Waals surface area contributed by atoms with Gasteiger partial charge in [0.05, 0.1) is 6.61 Å². The highest BCUT2D eigenvalue weighted by molar-refractivity contribution is 7.11. The summed E-state index contributed by atoms with van der Waals surface area (Å²) >= 11 is 1.76. The van der Waals surface area contributed by atoms with Gasteiger partial charge in [-0.05, 0) is 32.4 Å². The second-order valence-corrected chi connectivity index (χ2v) is 5.54. The number of rotatable bonds is 7. The number of nitrogens with zero attached hydrogens (tertiary/aromatic N) is 2. The van der Waals surface area contributed by atoms with E-state index in [1.165, 1.54) is 16.4 Å². The molecule has 96 valence electrons. The monoisotopic (exact) mass is 255 g/mol. The molecular weight excluding hydrogens is 234 g/mol. The fourth-order valence-corrected chi connectivity index (χ4v) is 2.93. The van der Waals surface area contributed by atoms with Gasteiger partial charge in [-0.3, -0.25) is 0 Å². The van der Waals surface area contributed by atoms with Gasteiger partial charge in [0.2, 0.25) is 0 Å². The van der Waals surface area contributed by atoms with Gasteiger partial charge >= 0.3 is 0 Å². The van der Waals surface area contributed by atoms with Crippen LogP contribution in [0.3, 0.4) is 0 Å². The Bertz CT molecular complexity index is 323. The largest absolute Gasteiger partial charge is 0.381 e. The molecule has 1 fully saturated rings. The maximum Gasteiger partial charge on any atom is 0.122 e. The van der Waals surface area contributed by atoms with Crippen molar-refractivity contribution in [1.29, 1.82) is 0 Å². The van der Waals surface area contributed by atoms with Crippen LogP contribution >= 0.6 is 11.3 Å². The number of ether oxygens (including phenoxy) is 1. The molecule has 5 heteroatoms. The minimum atomic E-state index is 0.500. The second kappa shape index (κ2) is 7.03. The van der Waals surface area contributed by atoms with Crippen molar-refractivity contribution in [2.45, 2.75) is 38.5 Å². The average molecular weight is 255 g/mol. The minimum absolute atomic E-state index is 0.500. The Morgan fingerprint density at radius 1 is 1.41 bits per heavy atom. The molecule has 4 nitrogen and oxygen atoms in total. The molecule has 2 heterocycles. The molecule has 1 atom stereocenters. The average Bonchev–Trinajstić information content (AvgIpc) is 2.99. The molecule has 17 heavy (non-hydrogen) atoms. The molecule has 2 rings (SSSR count). The van der Waals surface area contributed by atoms with E-state index in [0.29, 0.717) is 5.92 Å². The third-order valence-corrected chi connectivity index (χ3v) is 4.08. The lowest BCUT2D eigenvalue weighted by Gasteiger charge is -2.00. The summed E-state index contributed by atoms with van der Waals surface area (Å²) in [5.41, 5.74) is 0. The first-order valence-corrected chi connectivity index (χ1v) is 7.32. The first kappa shape index (κ1) is 12.9. The summed E-state index contributed by atoms with van der Waals surface area (Å²) < 4.78 is 5.38. The number of aromatic nitrogens is 2. The summed E-state index contributed by atoms with van der Waals surface area (Å²) in [4.78, 5) is 0. The molecule has 1 aliphatic heterocycles. The van der Waals surface area contributed by atoms with Crippen LogP contribution in [0.1, 0.15) is 42.1 Å². The quantitative estimate of drug-likeness (QED) is 0.757. The zero-order valence-electron chi connectivity index (χ0n) is 10.4. The van der Waals surface area contributed by atoms with Crippen LogP contribution < -0.4 is 5.32 Å². The Balaban J connectivity index is 1.70. The second-order valence-electron chi connectivity index (χ2n) is 4.45. The van der Waals surface area contributed by atoms with Crippen molar-refractivity contribution in [3.63, 3.8) is 0 Å². The van der Waals surface area contributed by atoms with Gasteiger partial charge in [0.15, 0.2) is 0 Å². The van der Waals surface area contributed by atoms with Crippen LogP contribution in [0, 0.1) is 0 Å². The fraction of sp³-hybridized carbons (Fsp3) is 0.833. The van der Waals surface area contributed by atoms with E-state index >= 15 is 0 Å². The highest BCUT2D eigenvalue weighted by atomic mass is 32.1. The zero-order valence-corrected chi connectivity index (χ0v) is 11.3. The third kappa shape index (κ3) is 4.01. The molecule has 0 radical (unpaired) electrons. The molecule has 0 amide bonds. The Morgan fingerprint density at radius 3 is 3.12 bits per heavy atom. The van der Waals surface area contributed by atoms with E-state index in [0.717, 1.165) is 45.6 Å². The summed E-state index contributed by atoms with van der Waals surface area (Å²) in [6.45, 7) is 6.08. The molecule has 0 saturated carbocycles. The first-order chi connectivity index (χ1) is 8.40. The number of hydrogen-bond donors (Lipinski definition) is 1. The Labute approximate surface area is 107 Å². The van der Waals surface area contributed by atoms with Crippen LogP contribution in [0.2, 0.25) is 0 Å². The highest BCUT2D eigenvalue weighted by Crippen LogP contribution is 2.27. The van der Waals surface area contributed by atoms with E-state index in [4.69, 9.17) is 4.74 Å². The van der Waals surface area contributed by atoms with Gasteiger partial charge in [0.1, 0.15) is 10.0 Å². The van der Waals surface area contributed by atoms with Crippen molar-refractivity contribution >= 4 is 11.3 Å². The molecule has 0 aliphatic carbocycles. The van der Waals surface area contributed by atoms with Crippen molar-refractivity contribution in [3.05, 3.63) is 10.0 Å². The smallest absolute Gasteiger partial charge is 0.122 e. The zero-order chi connectivity index (χ0) is 11.9. The van der Waals surface area contributed by atoms with Crippen molar-refractivity contribution < 1.29 is 4.74 Å². The maximum absolute atomic E-state index is 5.38. The molecule has 1 aromatic rings. The van der Waals surface area contributed by atoms with Crippen LogP contribution in [-0.2, 0) is 11.2 Å². The molecule has 1 aliphatic rings. The maximum atomic E-state index is 5.38. The minimum Gasteiger partial charge on any atom is -0.381 e. The van der Waals surface area contributed by atoms with Crippen molar-refractivity contribution in [2.75, 3.05) is 26.3 Å². The molecular formula is C12H21N3OS. The predicted molar refractivity (Wildman–Crippen MR) is 69.6 cm³/mol. The number of nitrogens with one attached hydrogen (secondary N) is 1. The van der Waals surface area contributed by atoms with Crippen LogP contribution in [0.4, 0.5) is 0 Å². The van der Waals surface area contributed by atoms with E-state index in [9.17, 15) is 0 Å². The summed E-state index contributed by atoms with van der Waals surface area (Å²) in [6, 6.07) is 0. The van der Waals surface area contributed by atoms with E-state index in [1.54, 1.807) is 11.3 Å². The lowest BCUT2D eigenvalue weighted by atomic mass is 10.1. The van der Waals surface area contributed by atoms with Crippen molar-refractivity contribution in [2.24, 2.45) is 0 Å². The summed E-state index contributed by atoms with van der Waals surface area (Å²) in [5, 5.41) is 14.3. The normalized spacial score (nSPS) is 19.9. The first-order valence-electron chi connectivity index (χ1n) is 6.51. The molecule has 1 aromatic heterocycles. The van der Waals surface area contributed by atoms with E-state index < -0.39 is 0 Å². The predicted octanol–water partition coefficient (Wildman–Crippen LogP) is 1.97. The Hall–Kier alpha value is -0.520. The molecule has 1 unspecified atom stereocenters. The van der Waals surface area contributed by atoms with Crippen LogP contribution in [0.15, 0.2) is 0 Å². The van der Waals surface area contributed by atoms with Gasteiger partial charge in [0, 0.05) is 18.9 Å². The lowest BCUT2D eigenvalue weighted by Crippen LogP contribution is -2.16. The lowest BCUT2D eigenvalue weighted by molar-refractivity contribution is 0.194. The van der Waals surface area contributed by atoms with Crippen molar-refractivity contribution in [1.82, 2.24) is 15.5 Å². The Kier molecular flexibility index (Phi) is 5.35. The van der Waals surface area contributed by atoms with Gasteiger partial charge in [0.25, 0.3) is 0 Å². The van der Waals surface area contributed by atoms with Crippen LogP contribution in [0.5, 0.6) is 0 Å². The summed E-state index contributed by atoms with van der Waals surface area (Å²) in [5.74, 6) is 0.500. The van der Waals surface area contributed by atoms with Gasteiger partial charge in [-0.25, -0.2) is 0 Å². The standard InChI is InChI=1S/C12H21N3OS/c1-2-6-13-7-3-4-11-14-15-12(17-11)10-5-8-16-9-10/h10,13H,2-9H2,1H3. The fourth-order valence-electron chi connectivity index (χ4n) is 1.93. The third-order valence-electron chi connectivity index (χ3n) is 2.93. The van der Waals surface area contributed by atoms with Gasteiger partial charge in [-0.1, -0.05) is 6.92 Å². The summed E-state index contributed by atoms with van der Waals surface area (Å²) in [6.07, 6.45) is 4.50. The molecule has 1 saturated heterocycles. The van der Waals surface area contributed by atoms with Gasteiger partial charge < -0.3 is 10.1 Å². The SMILES string of the molecule is CCCNCCCc1nnc(C2CCOC2)s1. The molecule has 0 aromatic carbocycles.